The molecule has 1 aromatic rings. The molecule has 1 aromatic carbocycles. The lowest BCUT2D eigenvalue weighted by Gasteiger charge is -2.34. The minimum atomic E-state index is -4.75. The number of nitrogens with zero attached hydrogens (tertiary/aromatic N) is 1. The van der Waals surface area contributed by atoms with E-state index >= 15 is 0 Å². The van der Waals surface area contributed by atoms with Crippen molar-refractivity contribution in [3.8, 4) is 11.5 Å². The Labute approximate surface area is 148 Å². The number of alkyl halides is 3. The zero-order valence-electron chi connectivity index (χ0n) is 14.3. The molecule has 1 unspecified atom stereocenters. The summed E-state index contributed by atoms with van der Waals surface area (Å²) in [5.74, 6) is 0.621. The summed E-state index contributed by atoms with van der Waals surface area (Å²) in [5.41, 5.74) is 0.792. The molecule has 1 amide bonds. The Morgan fingerprint density at radius 3 is 2.85 bits per heavy atom. The van der Waals surface area contributed by atoms with Crippen molar-refractivity contribution in [3.05, 3.63) is 23.8 Å². The van der Waals surface area contributed by atoms with E-state index in [2.05, 4.69) is 10.1 Å². The molecule has 9 heteroatoms. The Morgan fingerprint density at radius 1 is 1.42 bits per heavy atom. The van der Waals surface area contributed by atoms with Crippen molar-refractivity contribution >= 4 is 6.09 Å². The fourth-order valence-corrected chi connectivity index (χ4v) is 3.97. The first-order chi connectivity index (χ1) is 12.3. The average Bonchev–Trinajstić information content (AvgIpc) is 2.97. The molecule has 2 fully saturated rings. The predicted molar refractivity (Wildman–Crippen MR) is 86.4 cm³/mol. The number of ether oxygens (including phenoxy) is 2. The quantitative estimate of drug-likeness (QED) is 0.848. The number of halogens is 3. The van der Waals surface area contributed by atoms with Crippen molar-refractivity contribution in [2.45, 2.75) is 25.2 Å². The van der Waals surface area contributed by atoms with Gasteiger partial charge in [0, 0.05) is 31.7 Å². The van der Waals surface area contributed by atoms with Gasteiger partial charge in [0.2, 0.25) is 0 Å². The summed E-state index contributed by atoms with van der Waals surface area (Å²) in [6, 6.07) is 4.24. The summed E-state index contributed by atoms with van der Waals surface area (Å²) in [5, 5.41) is 12.6. The molecule has 3 rings (SSSR count). The van der Waals surface area contributed by atoms with Gasteiger partial charge in [-0.3, -0.25) is 0 Å². The minimum Gasteiger partial charge on any atom is -0.496 e. The van der Waals surface area contributed by atoms with Crippen molar-refractivity contribution in [2.75, 3.05) is 26.7 Å². The van der Waals surface area contributed by atoms with Crippen LogP contribution in [-0.2, 0) is 6.42 Å². The van der Waals surface area contributed by atoms with E-state index < -0.39 is 12.5 Å². The molecule has 26 heavy (non-hydrogen) atoms. The summed E-state index contributed by atoms with van der Waals surface area (Å²) in [6.45, 7) is 1.75. The van der Waals surface area contributed by atoms with Gasteiger partial charge in [0.1, 0.15) is 11.5 Å². The number of hydrogen-bond acceptors (Lipinski definition) is 4. The van der Waals surface area contributed by atoms with Crippen LogP contribution in [0.3, 0.4) is 0 Å². The fraction of sp³-hybridized carbons (Fsp3) is 0.588. The van der Waals surface area contributed by atoms with Crippen LogP contribution in [0.5, 0.6) is 11.5 Å². The van der Waals surface area contributed by atoms with Crippen molar-refractivity contribution in [1.82, 2.24) is 10.2 Å². The normalized spacial score (nSPS) is 25.7. The monoisotopic (exact) mass is 374 g/mol. The Kier molecular flexibility index (Phi) is 5.17. The zero-order chi connectivity index (χ0) is 18.9. The SMILES string of the molecule is COc1cc(OC(F)(F)F)ccc1CC1NC[C@H]2CN(C(=O)O)CC[C@H]12. The van der Waals surface area contributed by atoms with Gasteiger partial charge in [-0.1, -0.05) is 6.07 Å². The van der Waals surface area contributed by atoms with Crippen molar-refractivity contribution in [2.24, 2.45) is 11.8 Å². The lowest BCUT2D eigenvalue weighted by atomic mass is 9.82. The number of likely N-dealkylation sites (tertiary alicyclic amines) is 1. The van der Waals surface area contributed by atoms with Crippen LogP contribution in [-0.4, -0.2) is 55.2 Å². The molecular formula is C17H21F3N2O4. The highest BCUT2D eigenvalue weighted by Crippen LogP contribution is 2.35. The molecule has 2 aliphatic heterocycles. The first-order valence-corrected chi connectivity index (χ1v) is 8.40. The average molecular weight is 374 g/mol. The number of amides is 1. The van der Waals surface area contributed by atoms with Gasteiger partial charge in [-0.25, -0.2) is 4.79 Å². The summed E-state index contributed by atoms with van der Waals surface area (Å²) in [4.78, 5) is 12.6. The van der Waals surface area contributed by atoms with E-state index in [4.69, 9.17) is 9.84 Å². The van der Waals surface area contributed by atoms with E-state index in [1.165, 1.54) is 24.1 Å². The molecule has 144 valence electrons. The third-order valence-corrected chi connectivity index (χ3v) is 5.15. The molecule has 0 aromatic heterocycles. The van der Waals surface area contributed by atoms with Crippen LogP contribution in [0.15, 0.2) is 18.2 Å². The number of carbonyl (C=O) groups is 1. The standard InChI is InChI=1S/C17H21F3N2O4/c1-25-15-7-12(26-17(18,19)20)3-2-10(15)6-14-13-4-5-22(16(23)24)9-11(13)8-21-14/h2-3,7,11,13-14,21H,4-6,8-9H2,1H3,(H,23,24)/t11-,13-,14?/m0/s1. The van der Waals surface area contributed by atoms with Crippen molar-refractivity contribution in [1.29, 1.82) is 0 Å². The summed E-state index contributed by atoms with van der Waals surface area (Å²) < 4.78 is 46.2. The maximum atomic E-state index is 12.4. The third-order valence-electron chi connectivity index (χ3n) is 5.15. The number of hydrogen-bond donors (Lipinski definition) is 2. The van der Waals surface area contributed by atoms with E-state index in [0.29, 0.717) is 31.2 Å². The molecule has 2 aliphatic rings. The van der Waals surface area contributed by atoms with Crippen LogP contribution in [0.1, 0.15) is 12.0 Å². The first kappa shape index (κ1) is 18.6. The topological polar surface area (TPSA) is 71.0 Å². The number of carboxylic acid groups (broad SMARTS) is 1. The van der Waals surface area contributed by atoms with Gasteiger partial charge in [-0.05, 0) is 36.3 Å². The van der Waals surface area contributed by atoms with Gasteiger partial charge in [0.05, 0.1) is 7.11 Å². The van der Waals surface area contributed by atoms with E-state index in [0.717, 1.165) is 18.5 Å². The lowest BCUT2D eigenvalue weighted by Crippen LogP contribution is -2.44. The highest BCUT2D eigenvalue weighted by molar-refractivity contribution is 5.65. The highest BCUT2D eigenvalue weighted by atomic mass is 19.4. The molecule has 2 N–H and O–H groups in total. The summed E-state index contributed by atoms with van der Waals surface area (Å²) >= 11 is 0. The van der Waals surface area contributed by atoms with E-state index in [9.17, 15) is 18.0 Å². The van der Waals surface area contributed by atoms with Crippen molar-refractivity contribution in [3.63, 3.8) is 0 Å². The molecule has 2 heterocycles. The Hall–Kier alpha value is -2.16. The minimum absolute atomic E-state index is 0.138. The second kappa shape index (κ2) is 7.22. The number of rotatable bonds is 4. The number of nitrogens with one attached hydrogen (secondary N) is 1. The van der Waals surface area contributed by atoms with Crippen LogP contribution in [0, 0.1) is 11.8 Å². The molecule has 0 aliphatic carbocycles. The molecule has 0 spiro atoms. The van der Waals surface area contributed by atoms with Gasteiger partial charge >= 0.3 is 12.5 Å². The van der Waals surface area contributed by atoms with E-state index in [1.54, 1.807) is 6.07 Å². The lowest BCUT2D eigenvalue weighted by molar-refractivity contribution is -0.274. The van der Waals surface area contributed by atoms with Crippen LogP contribution >= 0.6 is 0 Å². The maximum absolute atomic E-state index is 12.4. The van der Waals surface area contributed by atoms with E-state index in [-0.39, 0.29) is 17.7 Å². The Balaban J connectivity index is 1.68. The third kappa shape index (κ3) is 4.14. The maximum Gasteiger partial charge on any atom is 0.573 e. The van der Waals surface area contributed by atoms with Crippen LogP contribution in [0.4, 0.5) is 18.0 Å². The predicted octanol–water partition coefficient (Wildman–Crippen LogP) is 2.72. The van der Waals surface area contributed by atoms with Gasteiger partial charge in [0.15, 0.2) is 0 Å². The van der Waals surface area contributed by atoms with Crippen LogP contribution in [0.2, 0.25) is 0 Å². The number of methoxy groups -OCH3 is 1. The second-order valence-corrected chi connectivity index (χ2v) is 6.68. The number of benzene rings is 1. The molecule has 3 atom stereocenters. The molecule has 6 nitrogen and oxygen atoms in total. The number of fused-ring (bicyclic) bond motifs is 1. The van der Waals surface area contributed by atoms with Gasteiger partial charge in [0.25, 0.3) is 0 Å². The Bertz CT molecular complexity index is 668. The van der Waals surface area contributed by atoms with Crippen molar-refractivity contribution < 1.29 is 32.5 Å². The first-order valence-electron chi connectivity index (χ1n) is 8.40. The highest BCUT2D eigenvalue weighted by Gasteiger charge is 2.40. The fourth-order valence-electron chi connectivity index (χ4n) is 3.97. The second-order valence-electron chi connectivity index (χ2n) is 6.68. The smallest absolute Gasteiger partial charge is 0.496 e. The zero-order valence-corrected chi connectivity index (χ0v) is 14.3. The summed E-state index contributed by atoms with van der Waals surface area (Å²) in [7, 11) is 1.41. The van der Waals surface area contributed by atoms with Gasteiger partial charge < -0.3 is 24.8 Å². The molecule has 0 radical (unpaired) electrons. The van der Waals surface area contributed by atoms with E-state index in [1.807, 2.05) is 0 Å². The van der Waals surface area contributed by atoms with Crippen LogP contribution < -0.4 is 14.8 Å². The van der Waals surface area contributed by atoms with Crippen LogP contribution in [0.25, 0.3) is 0 Å². The van der Waals surface area contributed by atoms with Gasteiger partial charge in [-0.15, -0.1) is 13.2 Å². The molecule has 0 saturated carbocycles. The molecule has 2 saturated heterocycles. The number of piperidine rings is 1. The Morgan fingerprint density at radius 2 is 2.19 bits per heavy atom. The summed E-state index contributed by atoms with van der Waals surface area (Å²) in [6.07, 6.45) is -4.27. The largest absolute Gasteiger partial charge is 0.573 e. The molecule has 0 bridgehead atoms. The van der Waals surface area contributed by atoms with Gasteiger partial charge in [-0.2, -0.15) is 0 Å². The molecular weight excluding hydrogens is 353 g/mol.